The average molecular weight is 355 g/mol. The molecule has 23 heavy (non-hydrogen) atoms. The summed E-state index contributed by atoms with van der Waals surface area (Å²) in [5.74, 6) is -0.0730. The predicted octanol–water partition coefficient (Wildman–Crippen LogP) is 2.37. The number of benzene rings is 1. The summed E-state index contributed by atoms with van der Waals surface area (Å²) in [4.78, 5) is 12.2. The van der Waals surface area contributed by atoms with Gasteiger partial charge < -0.3 is 14.6 Å². The third-order valence-electron chi connectivity index (χ3n) is 3.18. The molecule has 0 radical (unpaired) electrons. The first-order valence-corrected chi connectivity index (χ1v) is 8.42. The number of carbonyl (C=O) groups is 1. The van der Waals surface area contributed by atoms with Crippen molar-refractivity contribution in [2.45, 2.75) is 30.4 Å². The number of nitrogens with zero attached hydrogens (tertiary/aromatic N) is 3. The van der Waals surface area contributed by atoms with Crippen LogP contribution in [0.2, 0.25) is 5.02 Å². The van der Waals surface area contributed by atoms with Gasteiger partial charge in [-0.25, -0.2) is 0 Å². The van der Waals surface area contributed by atoms with Gasteiger partial charge >= 0.3 is 0 Å². The summed E-state index contributed by atoms with van der Waals surface area (Å²) in [5.41, 5.74) is 0.892. The molecule has 0 aliphatic rings. The first-order chi connectivity index (χ1) is 11.1. The molecule has 1 amide bonds. The number of thioether (sulfide) groups is 1. The summed E-state index contributed by atoms with van der Waals surface area (Å²) in [7, 11) is 1.64. The quantitative estimate of drug-likeness (QED) is 0.737. The van der Waals surface area contributed by atoms with Gasteiger partial charge in [-0.15, -0.1) is 10.2 Å². The van der Waals surface area contributed by atoms with E-state index in [1.165, 1.54) is 11.8 Å². The van der Waals surface area contributed by atoms with E-state index >= 15 is 0 Å². The van der Waals surface area contributed by atoms with Crippen LogP contribution in [0.5, 0.6) is 0 Å². The van der Waals surface area contributed by atoms with Crippen LogP contribution in [0.15, 0.2) is 35.7 Å². The Morgan fingerprint density at radius 2 is 2.26 bits per heavy atom. The smallest absolute Gasteiger partial charge is 0.233 e. The van der Waals surface area contributed by atoms with E-state index < -0.39 is 0 Å². The van der Waals surface area contributed by atoms with Gasteiger partial charge in [-0.1, -0.05) is 41.6 Å². The molecule has 0 spiro atoms. The molecule has 0 saturated heterocycles. The zero-order valence-corrected chi connectivity index (χ0v) is 14.6. The highest BCUT2D eigenvalue weighted by Crippen LogP contribution is 2.21. The normalized spacial score (nSPS) is 12.1. The number of amides is 1. The van der Waals surface area contributed by atoms with Gasteiger partial charge in [0.05, 0.1) is 11.9 Å². The van der Waals surface area contributed by atoms with Gasteiger partial charge in [0.2, 0.25) is 5.91 Å². The Balaban J connectivity index is 1.88. The maximum Gasteiger partial charge on any atom is 0.233 e. The number of hydrogen-bond acceptors (Lipinski definition) is 5. The maximum atomic E-state index is 12.2. The molecule has 0 bridgehead atoms. The summed E-state index contributed by atoms with van der Waals surface area (Å²) >= 11 is 7.45. The number of halogens is 1. The Morgan fingerprint density at radius 3 is 3.00 bits per heavy atom. The highest BCUT2D eigenvalue weighted by atomic mass is 35.5. The van der Waals surface area contributed by atoms with Crippen molar-refractivity contribution in [3.63, 3.8) is 0 Å². The van der Waals surface area contributed by atoms with Crippen LogP contribution >= 0.6 is 23.4 Å². The van der Waals surface area contributed by atoms with Crippen LogP contribution in [-0.2, 0) is 22.6 Å². The number of aromatic nitrogens is 3. The molecule has 2 rings (SSSR count). The molecule has 0 aliphatic heterocycles. The molecule has 1 aromatic carbocycles. The molecule has 0 saturated carbocycles. The van der Waals surface area contributed by atoms with E-state index in [2.05, 4.69) is 15.5 Å². The van der Waals surface area contributed by atoms with E-state index in [4.69, 9.17) is 16.3 Å². The number of rotatable bonds is 8. The highest BCUT2D eigenvalue weighted by Gasteiger charge is 2.17. The monoisotopic (exact) mass is 354 g/mol. The zero-order chi connectivity index (χ0) is 16.7. The number of carbonyl (C=O) groups excluding carboxylic acids is 1. The minimum atomic E-state index is -0.289. The lowest BCUT2D eigenvalue weighted by Gasteiger charge is -2.13. The summed E-state index contributed by atoms with van der Waals surface area (Å²) in [6, 6.07) is 7.45. The third kappa shape index (κ3) is 5.23. The van der Waals surface area contributed by atoms with E-state index in [-0.39, 0.29) is 11.2 Å². The van der Waals surface area contributed by atoms with Crippen molar-refractivity contribution in [3.05, 3.63) is 41.2 Å². The van der Waals surface area contributed by atoms with Crippen molar-refractivity contribution >= 4 is 29.3 Å². The minimum Gasteiger partial charge on any atom is -0.383 e. The number of ether oxygens (including phenoxy) is 1. The second-order valence-electron chi connectivity index (χ2n) is 4.87. The van der Waals surface area contributed by atoms with Crippen LogP contribution in [0, 0.1) is 0 Å². The molecule has 1 N–H and O–H groups in total. The average Bonchev–Trinajstić information content (AvgIpc) is 2.98. The molecular formula is C15H19ClN4O2S. The number of methoxy groups -OCH3 is 1. The molecule has 0 aliphatic carbocycles. The molecule has 2 aromatic rings. The van der Waals surface area contributed by atoms with Crippen LogP contribution in [0.4, 0.5) is 0 Å². The Bertz CT molecular complexity index is 650. The Morgan fingerprint density at radius 1 is 1.48 bits per heavy atom. The lowest BCUT2D eigenvalue weighted by Crippen LogP contribution is -2.30. The van der Waals surface area contributed by atoms with E-state index in [1.807, 2.05) is 29.7 Å². The first-order valence-electron chi connectivity index (χ1n) is 7.16. The summed E-state index contributed by atoms with van der Waals surface area (Å²) in [6.07, 6.45) is 1.63. The second kappa shape index (κ2) is 8.90. The van der Waals surface area contributed by atoms with Gasteiger partial charge in [-0.05, 0) is 18.6 Å². The van der Waals surface area contributed by atoms with Crippen molar-refractivity contribution < 1.29 is 9.53 Å². The van der Waals surface area contributed by atoms with Gasteiger partial charge in [0, 0.05) is 25.2 Å². The van der Waals surface area contributed by atoms with Gasteiger partial charge in [-0.3, -0.25) is 4.79 Å². The highest BCUT2D eigenvalue weighted by molar-refractivity contribution is 8.00. The molecule has 124 valence electrons. The third-order valence-corrected chi connectivity index (χ3v) is 4.64. The molecular weight excluding hydrogens is 336 g/mol. The Labute approximate surface area is 144 Å². The van der Waals surface area contributed by atoms with E-state index in [0.29, 0.717) is 29.9 Å². The summed E-state index contributed by atoms with van der Waals surface area (Å²) < 4.78 is 6.91. The van der Waals surface area contributed by atoms with Crippen LogP contribution in [0.3, 0.4) is 0 Å². The molecule has 0 fully saturated rings. The standard InChI is InChI=1S/C15H19ClN4O2S/c1-11(23-15-19-18-10-20(15)7-8-22-2)14(21)17-9-12-5-3-4-6-13(12)16/h3-6,10-11H,7-9H2,1-2H3,(H,17,21). The SMILES string of the molecule is COCCn1cnnc1SC(C)C(=O)NCc1ccccc1Cl. The van der Waals surface area contributed by atoms with Crippen LogP contribution in [0.25, 0.3) is 0 Å². The van der Waals surface area contributed by atoms with Gasteiger partial charge in [0.1, 0.15) is 6.33 Å². The van der Waals surface area contributed by atoms with Crippen molar-refractivity contribution in [1.29, 1.82) is 0 Å². The minimum absolute atomic E-state index is 0.0730. The van der Waals surface area contributed by atoms with Gasteiger partial charge in [0.25, 0.3) is 0 Å². The van der Waals surface area contributed by atoms with E-state index in [9.17, 15) is 4.79 Å². The lowest BCUT2D eigenvalue weighted by molar-refractivity contribution is -0.120. The molecule has 1 unspecified atom stereocenters. The van der Waals surface area contributed by atoms with Crippen molar-refractivity contribution in [3.8, 4) is 0 Å². The molecule has 1 aromatic heterocycles. The Hall–Kier alpha value is -1.57. The van der Waals surface area contributed by atoms with Gasteiger partial charge in [-0.2, -0.15) is 0 Å². The molecule has 6 nitrogen and oxygen atoms in total. The fraction of sp³-hybridized carbons (Fsp3) is 0.400. The zero-order valence-electron chi connectivity index (χ0n) is 13.0. The number of nitrogens with one attached hydrogen (secondary N) is 1. The topological polar surface area (TPSA) is 69.0 Å². The van der Waals surface area contributed by atoms with Crippen LogP contribution in [-0.4, -0.2) is 39.6 Å². The summed E-state index contributed by atoms with van der Waals surface area (Å²) in [6.45, 7) is 3.46. The van der Waals surface area contributed by atoms with Crippen molar-refractivity contribution in [2.24, 2.45) is 0 Å². The first kappa shape index (κ1) is 17.8. The molecule has 8 heteroatoms. The van der Waals surface area contributed by atoms with E-state index in [0.717, 1.165) is 5.56 Å². The summed E-state index contributed by atoms with van der Waals surface area (Å²) in [5, 5.41) is 11.9. The fourth-order valence-electron chi connectivity index (χ4n) is 1.86. The van der Waals surface area contributed by atoms with Gasteiger partial charge in [0.15, 0.2) is 5.16 Å². The molecule has 1 heterocycles. The van der Waals surface area contributed by atoms with E-state index in [1.54, 1.807) is 19.5 Å². The largest absolute Gasteiger partial charge is 0.383 e. The van der Waals surface area contributed by atoms with Crippen LogP contribution < -0.4 is 5.32 Å². The van der Waals surface area contributed by atoms with Crippen molar-refractivity contribution in [2.75, 3.05) is 13.7 Å². The second-order valence-corrected chi connectivity index (χ2v) is 6.58. The Kier molecular flexibility index (Phi) is 6.88. The molecule has 1 atom stereocenters. The fourth-order valence-corrected chi connectivity index (χ4v) is 2.94. The lowest BCUT2D eigenvalue weighted by atomic mass is 10.2. The van der Waals surface area contributed by atoms with Crippen molar-refractivity contribution in [1.82, 2.24) is 20.1 Å². The predicted molar refractivity (Wildman–Crippen MR) is 90.5 cm³/mol. The maximum absolute atomic E-state index is 12.2. The van der Waals surface area contributed by atoms with Crippen LogP contribution in [0.1, 0.15) is 12.5 Å². The number of hydrogen-bond donors (Lipinski definition) is 1.